The van der Waals surface area contributed by atoms with E-state index < -0.39 is 11.6 Å². The van der Waals surface area contributed by atoms with Gasteiger partial charge in [-0.15, -0.1) is 12.4 Å². The van der Waals surface area contributed by atoms with Crippen LogP contribution < -0.4 is 15.8 Å². The highest BCUT2D eigenvalue weighted by Crippen LogP contribution is 2.28. The average molecular weight is 357 g/mol. The number of aliphatic hydroxyl groups is 1. The molecule has 136 valence electrons. The van der Waals surface area contributed by atoms with Gasteiger partial charge in [0.25, 0.3) is 0 Å². The quantitative estimate of drug-likeness (QED) is 0.755. The van der Waals surface area contributed by atoms with Crippen molar-refractivity contribution in [2.24, 2.45) is 11.7 Å². The number of nitrogens with two attached hydrogens (primary N) is 1. The Hall–Kier alpha value is -1.30. The van der Waals surface area contributed by atoms with E-state index in [1.165, 1.54) is 5.56 Å². The van der Waals surface area contributed by atoms with E-state index in [0.29, 0.717) is 6.54 Å². The molecule has 1 saturated carbocycles. The van der Waals surface area contributed by atoms with Gasteiger partial charge in [-0.2, -0.15) is 0 Å². The fourth-order valence-corrected chi connectivity index (χ4v) is 2.82. The number of carbonyl (C=O) groups excluding carboxylic acids is 1. The molecule has 1 amide bonds. The molecule has 1 aliphatic rings. The van der Waals surface area contributed by atoms with Crippen LogP contribution in [0.4, 0.5) is 0 Å². The minimum absolute atomic E-state index is 0. The van der Waals surface area contributed by atoms with Crippen LogP contribution in [-0.4, -0.2) is 35.3 Å². The zero-order chi connectivity index (χ0) is 17.0. The number of aliphatic hydroxyl groups excluding tert-OH is 1. The van der Waals surface area contributed by atoms with Crippen molar-refractivity contribution in [1.82, 2.24) is 5.32 Å². The molecule has 3 atom stereocenters. The lowest BCUT2D eigenvalue weighted by atomic mass is 9.84. The molecule has 1 fully saturated rings. The van der Waals surface area contributed by atoms with E-state index in [9.17, 15) is 9.90 Å². The van der Waals surface area contributed by atoms with E-state index in [1.807, 2.05) is 31.2 Å². The average Bonchev–Trinajstić information content (AvgIpc) is 2.49. The summed E-state index contributed by atoms with van der Waals surface area (Å²) < 4.78 is 5.94. The van der Waals surface area contributed by atoms with Crippen molar-refractivity contribution >= 4 is 18.3 Å². The molecule has 0 aliphatic heterocycles. The summed E-state index contributed by atoms with van der Waals surface area (Å²) in [6.45, 7) is 5.79. The normalized spacial score (nSPS) is 24.0. The molecule has 0 bridgehead atoms. The second-order valence-electron chi connectivity index (χ2n) is 7.08. The predicted molar refractivity (Wildman–Crippen MR) is 97.5 cm³/mol. The van der Waals surface area contributed by atoms with E-state index in [-0.39, 0.29) is 30.3 Å². The van der Waals surface area contributed by atoms with Gasteiger partial charge in [-0.25, -0.2) is 0 Å². The molecule has 0 radical (unpaired) electrons. The summed E-state index contributed by atoms with van der Waals surface area (Å²) in [4.78, 5) is 11.9. The molecular formula is C18H29ClN2O3. The number of carbonyl (C=O) groups is 1. The summed E-state index contributed by atoms with van der Waals surface area (Å²) in [7, 11) is 0. The lowest BCUT2D eigenvalue weighted by molar-refractivity contribution is -0.126. The Bertz CT molecular complexity index is 528. The van der Waals surface area contributed by atoms with Crippen molar-refractivity contribution in [2.45, 2.75) is 57.8 Å². The van der Waals surface area contributed by atoms with Crippen LogP contribution >= 0.6 is 12.4 Å². The van der Waals surface area contributed by atoms with Gasteiger partial charge in [-0.05, 0) is 52.2 Å². The zero-order valence-corrected chi connectivity index (χ0v) is 15.4. The fourth-order valence-electron chi connectivity index (χ4n) is 2.82. The molecular weight excluding hydrogens is 328 g/mol. The highest BCUT2D eigenvalue weighted by atomic mass is 35.5. The Morgan fingerprint density at radius 1 is 1.33 bits per heavy atom. The number of ether oxygens (including phenoxy) is 1. The van der Waals surface area contributed by atoms with Gasteiger partial charge in [0.15, 0.2) is 0 Å². The first-order chi connectivity index (χ1) is 10.8. The lowest BCUT2D eigenvalue weighted by Gasteiger charge is -2.35. The van der Waals surface area contributed by atoms with Crippen LogP contribution in [0.15, 0.2) is 24.3 Å². The Balaban J connectivity index is 0.00000288. The monoisotopic (exact) mass is 356 g/mol. The zero-order valence-electron chi connectivity index (χ0n) is 14.6. The van der Waals surface area contributed by atoms with Crippen LogP contribution in [0, 0.1) is 12.8 Å². The SMILES string of the molecule is Cc1ccc(O[C@@H]2CCC[C@H](CNC(=O)C(C)(C)N)[C@H]2O)cc1.Cl. The molecule has 24 heavy (non-hydrogen) atoms. The number of hydrogen-bond donors (Lipinski definition) is 3. The molecule has 1 aliphatic carbocycles. The van der Waals surface area contributed by atoms with E-state index in [2.05, 4.69) is 5.32 Å². The molecule has 1 aromatic carbocycles. The molecule has 5 nitrogen and oxygen atoms in total. The van der Waals surface area contributed by atoms with Gasteiger partial charge < -0.3 is 20.9 Å². The van der Waals surface area contributed by atoms with Crippen molar-refractivity contribution in [3.05, 3.63) is 29.8 Å². The largest absolute Gasteiger partial charge is 0.488 e. The second kappa shape index (κ2) is 8.70. The van der Waals surface area contributed by atoms with Crippen LogP contribution in [-0.2, 0) is 4.79 Å². The first kappa shape index (κ1) is 20.7. The Morgan fingerprint density at radius 2 is 1.96 bits per heavy atom. The van der Waals surface area contributed by atoms with Crippen LogP contribution in [0.5, 0.6) is 5.75 Å². The van der Waals surface area contributed by atoms with Crippen molar-refractivity contribution < 1.29 is 14.6 Å². The van der Waals surface area contributed by atoms with E-state index >= 15 is 0 Å². The van der Waals surface area contributed by atoms with Crippen molar-refractivity contribution in [2.75, 3.05) is 6.54 Å². The maximum atomic E-state index is 11.9. The third-order valence-corrected chi connectivity index (χ3v) is 4.35. The molecule has 0 saturated heterocycles. The minimum Gasteiger partial charge on any atom is -0.488 e. The Labute approximate surface area is 150 Å². The molecule has 0 aromatic heterocycles. The second-order valence-corrected chi connectivity index (χ2v) is 7.08. The Kier molecular flexibility index (Phi) is 7.52. The van der Waals surface area contributed by atoms with Crippen LogP contribution in [0.1, 0.15) is 38.7 Å². The number of amides is 1. The third-order valence-electron chi connectivity index (χ3n) is 4.35. The standard InChI is InChI=1S/C18H28N2O3.ClH/c1-12-7-9-14(10-8-12)23-15-6-4-5-13(16(15)21)11-20-17(22)18(2,3)19;/h7-10,13,15-16,21H,4-6,11,19H2,1-3H3,(H,20,22);1H/t13-,15-,16-;/m1./s1. The van der Waals surface area contributed by atoms with Gasteiger partial charge in [0, 0.05) is 12.5 Å². The first-order valence-corrected chi connectivity index (χ1v) is 8.26. The summed E-state index contributed by atoms with van der Waals surface area (Å²) in [5, 5.41) is 13.4. The molecule has 6 heteroatoms. The summed E-state index contributed by atoms with van der Waals surface area (Å²) in [6, 6.07) is 7.83. The number of aryl methyl sites for hydroxylation is 1. The molecule has 2 rings (SSSR count). The number of benzene rings is 1. The van der Waals surface area contributed by atoms with Gasteiger partial charge >= 0.3 is 0 Å². The lowest BCUT2D eigenvalue weighted by Crippen LogP contribution is -2.52. The van der Waals surface area contributed by atoms with E-state index in [1.54, 1.807) is 13.8 Å². The predicted octanol–water partition coefficient (Wildman–Crippen LogP) is 2.18. The highest BCUT2D eigenvalue weighted by Gasteiger charge is 2.34. The Morgan fingerprint density at radius 3 is 2.54 bits per heavy atom. The molecule has 0 unspecified atom stereocenters. The van der Waals surface area contributed by atoms with E-state index in [0.717, 1.165) is 25.0 Å². The molecule has 4 N–H and O–H groups in total. The maximum Gasteiger partial charge on any atom is 0.239 e. The molecule has 0 spiro atoms. The van der Waals surface area contributed by atoms with Crippen LogP contribution in [0.2, 0.25) is 0 Å². The van der Waals surface area contributed by atoms with Crippen LogP contribution in [0.25, 0.3) is 0 Å². The third kappa shape index (κ3) is 5.65. The molecule has 1 aromatic rings. The van der Waals surface area contributed by atoms with Gasteiger partial charge in [0.05, 0.1) is 11.6 Å². The summed E-state index contributed by atoms with van der Waals surface area (Å²) in [5.41, 5.74) is 6.04. The van der Waals surface area contributed by atoms with Gasteiger partial charge in [0.2, 0.25) is 5.91 Å². The summed E-state index contributed by atoms with van der Waals surface area (Å²) in [6.07, 6.45) is 1.84. The fraction of sp³-hybridized carbons (Fsp3) is 0.611. The van der Waals surface area contributed by atoms with Gasteiger partial charge in [-0.1, -0.05) is 17.7 Å². The smallest absolute Gasteiger partial charge is 0.239 e. The van der Waals surface area contributed by atoms with Crippen LogP contribution in [0.3, 0.4) is 0 Å². The summed E-state index contributed by atoms with van der Waals surface area (Å²) >= 11 is 0. The number of hydrogen-bond acceptors (Lipinski definition) is 4. The number of rotatable bonds is 5. The number of nitrogens with one attached hydrogen (secondary N) is 1. The minimum atomic E-state index is -0.905. The molecule has 0 heterocycles. The van der Waals surface area contributed by atoms with Gasteiger partial charge in [-0.3, -0.25) is 4.79 Å². The van der Waals surface area contributed by atoms with E-state index in [4.69, 9.17) is 10.5 Å². The topological polar surface area (TPSA) is 84.6 Å². The van der Waals surface area contributed by atoms with Crippen molar-refractivity contribution in [1.29, 1.82) is 0 Å². The maximum absolute atomic E-state index is 11.9. The summed E-state index contributed by atoms with van der Waals surface area (Å²) in [5.74, 6) is 0.559. The van der Waals surface area contributed by atoms with Gasteiger partial charge in [0.1, 0.15) is 11.9 Å². The first-order valence-electron chi connectivity index (χ1n) is 8.26. The number of halogens is 1. The highest BCUT2D eigenvalue weighted by molar-refractivity contribution is 5.85. The van der Waals surface area contributed by atoms with Crippen molar-refractivity contribution in [3.8, 4) is 5.75 Å². The van der Waals surface area contributed by atoms with Crippen molar-refractivity contribution in [3.63, 3.8) is 0 Å².